The van der Waals surface area contributed by atoms with Crippen LogP contribution in [0.3, 0.4) is 0 Å². The number of carbonyl (C=O) groups is 1. The van der Waals surface area contributed by atoms with Crippen LogP contribution in [-0.2, 0) is 21.2 Å². The molecule has 0 spiro atoms. The van der Waals surface area contributed by atoms with Crippen molar-refractivity contribution in [2.24, 2.45) is 0 Å². The summed E-state index contributed by atoms with van der Waals surface area (Å²) >= 11 is 0. The second-order valence-corrected chi connectivity index (χ2v) is 7.77. The fourth-order valence-electron chi connectivity index (χ4n) is 2.67. The molecule has 0 saturated carbocycles. The average Bonchev–Trinajstić information content (AvgIpc) is 2.65. The number of hydrogen-bond acceptors (Lipinski definition) is 5. The number of carbonyl (C=O) groups excluding carboxylic acids is 1. The van der Waals surface area contributed by atoms with Gasteiger partial charge in [-0.1, -0.05) is 25.1 Å². The summed E-state index contributed by atoms with van der Waals surface area (Å²) in [5.41, 5.74) is 1.74. The number of sulfonamides is 1. The van der Waals surface area contributed by atoms with Crippen molar-refractivity contribution in [3.63, 3.8) is 0 Å². The van der Waals surface area contributed by atoms with Gasteiger partial charge in [-0.2, -0.15) is 0 Å². The Morgan fingerprint density at radius 2 is 1.81 bits per heavy atom. The number of rotatable bonds is 8. The summed E-state index contributed by atoms with van der Waals surface area (Å²) in [4.78, 5) is 12.6. The zero-order chi connectivity index (χ0) is 20.0. The van der Waals surface area contributed by atoms with Gasteiger partial charge in [-0.15, -0.1) is 0 Å². The number of nitrogens with zero attached hydrogens (tertiary/aromatic N) is 1. The van der Waals surface area contributed by atoms with Crippen LogP contribution in [0.5, 0.6) is 11.5 Å². The molecule has 0 heterocycles. The molecular weight excluding hydrogens is 368 g/mol. The van der Waals surface area contributed by atoms with Crippen molar-refractivity contribution >= 4 is 27.3 Å². The summed E-state index contributed by atoms with van der Waals surface area (Å²) in [6.07, 6.45) is 1.73. The van der Waals surface area contributed by atoms with Gasteiger partial charge in [-0.3, -0.25) is 9.10 Å². The lowest BCUT2D eigenvalue weighted by molar-refractivity contribution is -0.114. The van der Waals surface area contributed by atoms with Crippen molar-refractivity contribution in [3.8, 4) is 11.5 Å². The third-order valence-corrected chi connectivity index (χ3v) is 5.14. The fourth-order valence-corrected chi connectivity index (χ4v) is 3.55. The lowest BCUT2D eigenvalue weighted by Crippen LogP contribution is -2.38. The maximum Gasteiger partial charge on any atom is 0.245 e. The Bertz CT molecular complexity index is 912. The van der Waals surface area contributed by atoms with Crippen LogP contribution in [0.1, 0.15) is 12.5 Å². The molecule has 1 amide bonds. The molecule has 8 heteroatoms. The SMILES string of the molecule is CCc1ccccc1N(CC(=O)Nc1cc(OC)ccc1OC)S(C)(=O)=O. The van der Waals surface area contributed by atoms with Crippen LogP contribution in [0.4, 0.5) is 11.4 Å². The Labute approximate surface area is 160 Å². The van der Waals surface area contributed by atoms with Gasteiger partial charge in [0.05, 0.1) is 31.9 Å². The number of benzene rings is 2. The minimum absolute atomic E-state index is 0.351. The minimum Gasteiger partial charge on any atom is -0.497 e. The number of ether oxygens (including phenoxy) is 2. The van der Waals surface area contributed by atoms with Crippen molar-refractivity contribution in [1.82, 2.24) is 0 Å². The third kappa shape index (κ3) is 5.13. The molecule has 1 N–H and O–H groups in total. The summed E-state index contributed by atoms with van der Waals surface area (Å²) in [5, 5.41) is 2.70. The smallest absolute Gasteiger partial charge is 0.245 e. The Morgan fingerprint density at radius 1 is 1.11 bits per heavy atom. The van der Waals surface area contributed by atoms with Crippen LogP contribution in [0.2, 0.25) is 0 Å². The van der Waals surface area contributed by atoms with Crippen molar-refractivity contribution < 1.29 is 22.7 Å². The van der Waals surface area contributed by atoms with Gasteiger partial charge in [0.2, 0.25) is 15.9 Å². The molecule has 0 atom stereocenters. The second kappa shape index (κ2) is 8.77. The molecule has 0 aromatic heterocycles. The third-order valence-electron chi connectivity index (χ3n) is 4.01. The van der Waals surface area contributed by atoms with E-state index in [4.69, 9.17) is 9.47 Å². The molecule has 27 heavy (non-hydrogen) atoms. The molecule has 0 aliphatic rings. The van der Waals surface area contributed by atoms with E-state index in [-0.39, 0.29) is 6.54 Å². The number of hydrogen-bond donors (Lipinski definition) is 1. The largest absolute Gasteiger partial charge is 0.497 e. The molecule has 146 valence electrons. The zero-order valence-electron chi connectivity index (χ0n) is 15.9. The van der Waals surface area contributed by atoms with Gasteiger partial charge in [-0.25, -0.2) is 8.42 Å². The maximum absolute atomic E-state index is 12.6. The lowest BCUT2D eigenvalue weighted by atomic mass is 10.1. The van der Waals surface area contributed by atoms with Gasteiger partial charge >= 0.3 is 0 Å². The summed E-state index contributed by atoms with van der Waals surface area (Å²) in [6, 6.07) is 12.1. The zero-order valence-corrected chi connectivity index (χ0v) is 16.7. The first-order chi connectivity index (χ1) is 12.8. The summed E-state index contributed by atoms with van der Waals surface area (Å²) in [5.74, 6) is 0.504. The van der Waals surface area contributed by atoms with Gasteiger partial charge in [0.25, 0.3) is 0 Å². The van der Waals surface area contributed by atoms with Gasteiger partial charge in [0.15, 0.2) is 0 Å². The van der Waals surface area contributed by atoms with E-state index in [9.17, 15) is 13.2 Å². The minimum atomic E-state index is -3.65. The van der Waals surface area contributed by atoms with Crippen LogP contribution < -0.4 is 19.1 Å². The van der Waals surface area contributed by atoms with Crippen molar-refractivity contribution in [2.75, 3.05) is 36.6 Å². The molecule has 0 radical (unpaired) electrons. The van der Waals surface area contributed by atoms with E-state index >= 15 is 0 Å². The first-order valence-corrected chi connectivity index (χ1v) is 10.2. The van der Waals surface area contributed by atoms with E-state index < -0.39 is 15.9 Å². The number of nitrogens with one attached hydrogen (secondary N) is 1. The molecule has 2 aromatic carbocycles. The van der Waals surface area contributed by atoms with Gasteiger partial charge in [-0.05, 0) is 30.2 Å². The Hall–Kier alpha value is -2.74. The monoisotopic (exact) mass is 392 g/mol. The molecule has 0 aliphatic heterocycles. The van der Waals surface area contributed by atoms with E-state index in [1.54, 1.807) is 30.3 Å². The molecule has 0 aliphatic carbocycles. The Morgan fingerprint density at radius 3 is 2.41 bits per heavy atom. The molecule has 0 fully saturated rings. The van der Waals surface area contributed by atoms with E-state index in [0.717, 1.165) is 16.1 Å². The molecule has 7 nitrogen and oxygen atoms in total. The molecular formula is C19H24N2O5S. The quantitative estimate of drug-likeness (QED) is 0.747. The van der Waals surface area contributed by atoms with Crippen LogP contribution in [0.25, 0.3) is 0 Å². The number of methoxy groups -OCH3 is 2. The van der Waals surface area contributed by atoms with Gasteiger partial charge < -0.3 is 14.8 Å². The van der Waals surface area contributed by atoms with Crippen LogP contribution >= 0.6 is 0 Å². The average molecular weight is 392 g/mol. The summed E-state index contributed by atoms with van der Waals surface area (Å²) in [7, 11) is -0.652. The topological polar surface area (TPSA) is 84.9 Å². The van der Waals surface area contributed by atoms with Crippen LogP contribution in [0.15, 0.2) is 42.5 Å². The van der Waals surface area contributed by atoms with E-state index in [2.05, 4.69) is 5.32 Å². The molecule has 2 aromatic rings. The number of aryl methyl sites for hydroxylation is 1. The van der Waals surface area contributed by atoms with Crippen LogP contribution in [0, 0.1) is 0 Å². The first kappa shape index (κ1) is 20.6. The molecule has 2 rings (SSSR count). The molecule has 0 unspecified atom stereocenters. The Kier molecular flexibility index (Phi) is 6.68. The molecule has 0 saturated heterocycles. The van der Waals surface area contributed by atoms with Crippen molar-refractivity contribution in [2.45, 2.75) is 13.3 Å². The van der Waals surface area contributed by atoms with Crippen molar-refractivity contribution in [1.29, 1.82) is 0 Å². The van der Waals surface area contributed by atoms with Crippen molar-refractivity contribution in [3.05, 3.63) is 48.0 Å². The van der Waals surface area contributed by atoms with Gasteiger partial charge in [0.1, 0.15) is 18.0 Å². The fraction of sp³-hybridized carbons (Fsp3) is 0.316. The summed E-state index contributed by atoms with van der Waals surface area (Å²) < 4.78 is 36.1. The first-order valence-electron chi connectivity index (χ1n) is 8.37. The predicted octanol–water partition coefficient (Wildman–Crippen LogP) is 2.67. The predicted molar refractivity (Wildman–Crippen MR) is 106 cm³/mol. The Balaban J connectivity index is 2.30. The summed E-state index contributed by atoms with van der Waals surface area (Å²) in [6.45, 7) is 1.58. The molecule has 0 bridgehead atoms. The van der Waals surface area contributed by atoms with E-state index in [1.165, 1.54) is 14.2 Å². The highest BCUT2D eigenvalue weighted by Gasteiger charge is 2.23. The van der Waals surface area contributed by atoms with Crippen LogP contribution in [-0.4, -0.2) is 41.3 Å². The number of amides is 1. The highest BCUT2D eigenvalue weighted by molar-refractivity contribution is 7.92. The standard InChI is InChI=1S/C19H24N2O5S/c1-5-14-8-6-7-9-17(14)21(27(4,23)24)13-19(22)20-16-12-15(25-2)10-11-18(16)26-3/h6-12H,5,13H2,1-4H3,(H,20,22). The maximum atomic E-state index is 12.6. The van der Waals surface area contributed by atoms with E-state index in [0.29, 0.717) is 29.3 Å². The highest BCUT2D eigenvalue weighted by Crippen LogP contribution is 2.29. The van der Waals surface area contributed by atoms with E-state index in [1.807, 2.05) is 19.1 Å². The second-order valence-electron chi connectivity index (χ2n) is 5.87. The number of anilines is 2. The number of para-hydroxylation sites is 1. The normalized spacial score (nSPS) is 11.0. The van der Waals surface area contributed by atoms with Gasteiger partial charge in [0, 0.05) is 6.07 Å². The lowest BCUT2D eigenvalue weighted by Gasteiger charge is -2.24. The highest BCUT2D eigenvalue weighted by atomic mass is 32.2.